The van der Waals surface area contributed by atoms with Crippen molar-refractivity contribution in [2.75, 3.05) is 33.4 Å². The van der Waals surface area contributed by atoms with E-state index < -0.39 is 6.10 Å². The molecule has 1 aromatic carbocycles. The van der Waals surface area contributed by atoms with Crippen LogP contribution in [-0.4, -0.2) is 59.5 Å². The van der Waals surface area contributed by atoms with Gasteiger partial charge in [-0.2, -0.15) is 0 Å². The molecule has 8 heteroatoms. The molecule has 0 aliphatic heterocycles. The molecule has 0 bridgehead atoms. The van der Waals surface area contributed by atoms with Crippen LogP contribution in [0.5, 0.6) is 5.75 Å². The van der Waals surface area contributed by atoms with Crippen molar-refractivity contribution in [1.29, 1.82) is 0 Å². The average Bonchev–Trinajstić information content (AvgIpc) is 3.17. The standard InChI is InChI=1S/C24H31N3O4S/c1-30-13-7-12-27(14-17(28)16-31-18-8-3-2-4-9-18)15-21-25-23(29)22-19-10-5-6-11-20(19)32-24(22)26-21/h2-4,8-9,17,28H,5-7,10-16H2,1H3,(H,25,26,29). The summed E-state index contributed by atoms with van der Waals surface area (Å²) in [4.78, 5) is 24.9. The van der Waals surface area contributed by atoms with Gasteiger partial charge in [-0.3, -0.25) is 9.69 Å². The number of aliphatic hydroxyl groups excluding tert-OH is 1. The highest BCUT2D eigenvalue weighted by Crippen LogP contribution is 2.33. The molecule has 7 nitrogen and oxygen atoms in total. The molecule has 3 aromatic rings. The first kappa shape index (κ1) is 22.9. The van der Waals surface area contributed by atoms with Gasteiger partial charge in [0.15, 0.2) is 0 Å². The smallest absolute Gasteiger partial charge is 0.259 e. The van der Waals surface area contributed by atoms with Crippen molar-refractivity contribution in [3.8, 4) is 5.75 Å². The molecule has 2 N–H and O–H groups in total. The van der Waals surface area contributed by atoms with E-state index in [0.29, 0.717) is 25.5 Å². The molecule has 1 atom stereocenters. The fourth-order valence-electron chi connectivity index (χ4n) is 4.22. The van der Waals surface area contributed by atoms with Gasteiger partial charge in [0.25, 0.3) is 5.56 Å². The maximum Gasteiger partial charge on any atom is 0.259 e. The van der Waals surface area contributed by atoms with Crippen LogP contribution in [0.1, 0.15) is 35.5 Å². The van der Waals surface area contributed by atoms with E-state index >= 15 is 0 Å². The number of fused-ring (bicyclic) bond motifs is 3. The van der Waals surface area contributed by atoms with Crippen LogP contribution in [0.3, 0.4) is 0 Å². The van der Waals surface area contributed by atoms with Gasteiger partial charge in [0.05, 0.1) is 11.9 Å². The highest BCUT2D eigenvalue weighted by molar-refractivity contribution is 7.18. The normalized spacial score (nSPS) is 14.6. The Labute approximate surface area is 192 Å². The Morgan fingerprint density at radius 2 is 2.06 bits per heavy atom. The van der Waals surface area contributed by atoms with Gasteiger partial charge >= 0.3 is 0 Å². The van der Waals surface area contributed by atoms with Crippen LogP contribution in [0.2, 0.25) is 0 Å². The molecule has 32 heavy (non-hydrogen) atoms. The third-order valence-corrected chi connectivity index (χ3v) is 6.91. The number of aliphatic hydroxyl groups is 1. The number of aryl methyl sites for hydroxylation is 2. The Morgan fingerprint density at radius 3 is 2.88 bits per heavy atom. The molecule has 2 aromatic heterocycles. The van der Waals surface area contributed by atoms with E-state index in [2.05, 4.69) is 9.88 Å². The Hall–Kier alpha value is -2.26. The number of aromatic nitrogens is 2. The van der Waals surface area contributed by atoms with Crippen LogP contribution in [0.15, 0.2) is 35.1 Å². The maximum atomic E-state index is 12.9. The molecule has 1 unspecified atom stereocenters. The number of para-hydroxylation sites is 1. The van der Waals surface area contributed by atoms with E-state index in [1.807, 2.05) is 30.3 Å². The third kappa shape index (κ3) is 5.75. The number of methoxy groups -OCH3 is 1. The summed E-state index contributed by atoms with van der Waals surface area (Å²) < 4.78 is 10.9. The van der Waals surface area contributed by atoms with Gasteiger partial charge in [0.1, 0.15) is 29.1 Å². The van der Waals surface area contributed by atoms with Crippen LogP contribution in [0, 0.1) is 0 Å². The number of thiophene rings is 1. The molecule has 4 rings (SSSR count). The summed E-state index contributed by atoms with van der Waals surface area (Å²) in [6.45, 7) is 2.43. The molecule has 0 amide bonds. The van der Waals surface area contributed by atoms with Crippen LogP contribution in [0.4, 0.5) is 0 Å². The van der Waals surface area contributed by atoms with Crippen molar-refractivity contribution in [2.24, 2.45) is 0 Å². The molecule has 172 valence electrons. The van der Waals surface area contributed by atoms with Crippen molar-refractivity contribution in [3.05, 3.63) is 57.0 Å². The van der Waals surface area contributed by atoms with Crippen LogP contribution >= 0.6 is 11.3 Å². The predicted octanol–water partition coefficient (Wildman–Crippen LogP) is 3.14. The average molecular weight is 458 g/mol. The third-order valence-electron chi connectivity index (χ3n) is 5.72. The Balaban J connectivity index is 1.45. The second kappa shape index (κ2) is 11.0. The van der Waals surface area contributed by atoms with E-state index in [-0.39, 0.29) is 12.2 Å². The van der Waals surface area contributed by atoms with E-state index in [1.54, 1.807) is 18.4 Å². The molecule has 0 fully saturated rings. The fourth-order valence-corrected chi connectivity index (χ4v) is 5.50. The lowest BCUT2D eigenvalue weighted by atomic mass is 9.97. The van der Waals surface area contributed by atoms with Gasteiger partial charge in [-0.25, -0.2) is 4.98 Å². The van der Waals surface area contributed by atoms with E-state index in [9.17, 15) is 9.90 Å². The second-order valence-electron chi connectivity index (χ2n) is 8.26. The SMILES string of the molecule is COCCCN(Cc1nc2sc3c(c2c(=O)[nH]1)CCCC3)CC(O)COc1ccccc1. The van der Waals surface area contributed by atoms with E-state index in [0.717, 1.165) is 48.2 Å². The highest BCUT2D eigenvalue weighted by Gasteiger charge is 2.21. The number of hydrogen-bond acceptors (Lipinski definition) is 7. The second-order valence-corrected chi connectivity index (χ2v) is 9.35. The number of nitrogens with one attached hydrogen (secondary N) is 1. The fraction of sp³-hybridized carbons (Fsp3) is 0.500. The first-order chi connectivity index (χ1) is 15.6. The minimum Gasteiger partial charge on any atom is -0.491 e. The Bertz CT molecular complexity index is 1070. The Morgan fingerprint density at radius 1 is 1.25 bits per heavy atom. The van der Waals surface area contributed by atoms with Gasteiger partial charge in [-0.15, -0.1) is 11.3 Å². The Kier molecular flexibility index (Phi) is 7.91. The number of H-pyrrole nitrogens is 1. The van der Waals surface area contributed by atoms with Crippen LogP contribution in [-0.2, 0) is 24.1 Å². The molecule has 0 saturated heterocycles. The molecule has 0 radical (unpaired) electrons. The lowest BCUT2D eigenvalue weighted by Gasteiger charge is -2.24. The zero-order valence-corrected chi connectivity index (χ0v) is 19.3. The number of rotatable bonds is 11. The molecule has 0 spiro atoms. The van der Waals surface area contributed by atoms with E-state index in [1.165, 1.54) is 16.9 Å². The maximum absolute atomic E-state index is 12.9. The molecule has 1 aliphatic rings. The lowest BCUT2D eigenvalue weighted by Crippen LogP contribution is -2.37. The molecule has 0 saturated carbocycles. The molecular weight excluding hydrogens is 426 g/mol. The van der Waals surface area contributed by atoms with Crippen molar-refractivity contribution < 1.29 is 14.6 Å². The minimum absolute atomic E-state index is 0.0470. The van der Waals surface area contributed by atoms with Crippen molar-refractivity contribution in [1.82, 2.24) is 14.9 Å². The summed E-state index contributed by atoms with van der Waals surface area (Å²) in [5.41, 5.74) is 1.15. The summed E-state index contributed by atoms with van der Waals surface area (Å²) in [6.07, 6.45) is 4.49. The number of hydrogen-bond donors (Lipinski definition) is 2. The summed E-state index contributed by atoms with van der Waals surface area (Å²) >= 11 is 1.66. The van der Waals surface area contributed by atoms with Gasteiger partial charge in [-0.1, -0.05) is 18.2 Å². The number of benzene rings is 1. The molecule has 2 heterocycles. The van der Waals surface area contributed by atoms with Crippen LogP contribution < -0.4 is 10.3 Å². The first-order valence-electron chi connectivity index (χ1n) is 11.2. The topological polar surface area (TPSA) is 87.7 Å². The summed E-state index contributed by atoms with van der Waals surface area (Å²) in [6, 6.07) is 9.47. The van der Waals surface area contributed by atoms with E-state index in [4.69, 9.17) is 14.5 Å². The van der Waals surface area contributed by atoms with Gasteiger partial charge in [0, 0.05) is 31.7 Å². The lowest BCUT2D eigenvalue weighted by molar-refractivity contribution is 0.0609. The highest BCUT2D eigenvalue weighted by atomic mass is 32.1. The summed E-state index contributed by atoms with van der Waals surface area (Å²) in [5.74, 6) is 1.37. The van der Waals surface area contributed by atoms with Gasteiger partial charge < -0.3 is 19.6 Å². The monoisotopic (exact) mass is 457 g/mol. The quantitative estimate of drug-likeness (QED) is 0.430. The zero-order valence-electron chi connectivity index (χ0n) is 18.5. The predicted molar refractivity (Wildman–Crippen MR) is 127 cm³/mol. The van der Waals surface area contributed by atoms with Crippen molar-refractivity contribution in [3.63, 3.8) is 0 Å². The van der Waals surface area contributed by atoms with Crippen LogP contribution in [0.25, 0.3) is 10.2 Å². The first-order valence-corrected chi connectivity index (χ1v) is 12.1. The number of ether oxygens (including phenoxy) is 2. The van der Waals surface area contributed by atoms with Gasteiger partial charge in [-0.05, 0) is 49.8 Å². The van der Waals surface area contributed by atoms with Crippen molar-refractivity contribution in [2.45, 2.75) is 44.8 Å². The van der Waals surface area contributed by atoms with Gasteiger partial charge in [0.2, 0.25) is 0 Å². The molecular formula is C24H31N3O4S. The van der Waals surface area contributed by atoms with Crippen molar-refractivity contribution >= 4 is 21.6 Å². The molecule has 1 aliphatic carbocycles. The summed E-state index contributed by atoms with van der Waals surface area (Å²) in [7, 11) is 1.68. The number of aromatic amines is 1. The number of nitrogens with zero attached hydrogens (tertiary/aromatic N) is 2. The largest absolute Gasteiger partial charge is 0.491 e. The zero-order chi connectivity index (χ0) is 22.3. The summed E-state index contributed by atoms with van der Waals surface area (Å²) in [5, 5.41) is 11.3. The minimum atomic E-state index is -0.665.